The average Bonchev–Trinajstić information content (AvgIpc) is 3.30. The molecule has 2 N–H and O–H groups in total. The van der Waals surface area contributed by atoms with E-state index in [-0.39, 0.29) is 23.8 Å². The van der Waals surface area contributed by atoms with Gasteiger partial charge in [-0.3, -0.25) is 9.59 Å². The standard InChI is InChI=1S/C22H22N4O2/c27-21(14-7-8-14)23-16-11-9-15(10-12-16)22(28)26-13-3-6-19(26)20-24-17-4-1-2-5-18(17)25-20/h1-2,4-5,9-12,14,19H,3,6-8,13H2,(H,23,27)(H,24,25)/t19-/m0/s1. The molecule has 1 aliphatic heterocycles. The second-order valence-electron chi connectivity index (χ2n) is 7.64. The first kappa shape index (κ1) is 17.0. The lowest BCUT2D eigenvalue weighted by molar-refractivity contribution is -0.117. The molecule has 6 heteroatoms. The van der Waals surface area contributed by atoms with Crippen LogP contribution < -0.4 is 5.32 Å². The van der Waals surface area contributed by atoms with Crippen molar-refractivity contribution in [3.63, 3.8) is 0 Å². The lowest BCUT2D eigenvalue weighted by atomic mass is 10.1. The first-order valence-corrected chi connectivity index (χ1v) is 9.85. The highest BCUT2D eigenvalue weighted by molar-refractivity contribution is 5.97. The van der Waals surface area contributed by atoms with Crippen LogP contribution in [0.5, 0.6) is 0 Å². The molecular weight excluding hydrogens is 352 g/mol. The fourth-order valence-electron chi connectivity index (χ4n) is 3.88. The number of para-hydroxylation sites is 2. The molecule has 1 aromatic heterocycles. The SMILES string of the molecule is O=C(Nc1ccc(C(=O)N2CCC[C@H]2c2nc3ccccc3[nH]2)cc1)C1CC1. The second kappa shape index (κ2) is 6.78. The van der Waals surface area contributed by atoms with Gasteiger partial charge in [0.1, 0.15) is 5.82 Å². The summed E-state index contributed by atoms with van der Waals surface area (Å²) < 4.78 is 0. The van der Waals surface area contributed by atoms with E-state index in [1.54, 1.807) is 24.3 Å². The van der Waals surface area contributed by atoms with Gasteiger partial charge in [-0.15, -0.1) is 0 Å². The Kier molecular flexibility index (Phi) is 4.11. The van der Waals surface area contributed by atoms with Crippen LogP contribution in [0.4, 0.5) is 5.69 Å². The zero-order valence-electron chi connectivity index (χ0n) is 15.5. The molecule has 5 rings (SSSR count). The quantitative estimate of drug-likeness (QED) is 0.727. The van der Waals surface area contributed by atoms with Crippen molar-refractivity contribution in [2.75, 3.05) is 11.9 Å². The molecule has 2 aliphatic rings. The highest BCUT2D eigenvalue weighted by Crippen LogP contribution is 2.33. The number of hydrogen-bond acceptors (Lipinski definition) is 3. The van der Waals surface area contributed by atoms with E-state index < -0.39 is 0 Å². The van der Waals surface area contributed by atoms with E-state index in [1.165, 1.54) is 0 Å². The van der Waals surface area contributed by atoms with E-state index in [9.17, 15) is 9.59 Å². The highest BCUT2D eigenvalue weighted by atomic mass is 16.2. The largest absolute Gasteiger partial charge is 0.340 e. The maximum absolute atomic E-state index is 13.1. The third-order valence-electron chi connectivity index (χ3n) is 5.58. The van der Waals surface area contributed by atoms with Gasteiger partial charge in [0, 0.05) is 23.7 Å². The lowest BCUT2D eigenvalue weighted by Gasteiger charge is -2.23. The van der Waals surface area contributed by atoms with Crippen molar-refractivity contribution < 1.29 is 9.59 Å². The predicted molar refractivity (Wildman–Crippen MR) is 107 cm³/mol. The van der Waals surface area contributed by atoms with Gasteiger partial charge in [-0.1, -0.05) is 12.1 Å². The van der Waals surface area contributed by atoms with E-state index in [4.69, 9.17) is 4.98 Å². The number of carbonyl (C=O) groups excluding carboxylic acids is 2. The number of aromatic nitrogens is 2. The molecule has 0 radical (unpaired) electrons. The number of rotatable bonds is 4. The van der Waals surface area contributed by atoms with Crippen molar-refractivity contribution in [3.05, 3.63) is 59.9 Å². The van der Waals surface area contributed by atoms with Crippen LogP contribution in [0.3, 0.4) is 0 Å². The maximum atomic E-state index is 13.1. The van der Waals surface area contributed by atoms with Gasteiger partial charge in [-0.2, -0.15) is 0 Å². The third kappa shape index (κ3) is 3.15. The van der Waals surface area contributed by atoms with Crippen LogP contribution >= 0.6 is 0 Å². The Bertz CT molecular complexity index is 1000. The number of aromatic amines is 1. The first-order chi connectivity index (χ1) is 13.7. The van der Waals surface area contributed by atoms with Crippen LogP contribution in [-0.2, 0) is 4.79 Å². The van der Waals surface area contributed by atoms with Crippen LogP contribution in [0.25, 0.3) is 11.0 Å². The fourth-order valence-corrected chi connectivity index (χ4v) is 3.88. The molecule has 0 bridgehead atoms. The number of fused-ring (bicyclic) bond motifs is 1. The summed E-state index contributed by atoms with van der Waals surface area (Å²) in [6.07, 6.45) is 3.81. The summed E-state index contributed by atoms with van der Waals surface area (Å²) >= 11 is 0. The summed E-state index contributed by atoms with van der Waals surface area (Å²) in [7, 11) is 0. The minimum atomic E-state index is -0.0332. The summed E-state index contributed by atoms with van der Waals surface area (Å²) in [6.45, 7) is 0.723. The molecule has 2 fully saturated rings. The van der Waals surface area contributed by atoms with E-state index in [0.717, 1.165) is 54.8 Å². The molecule has 0 unspecified atom stereocenters. The van der Waals surface area contributed by atoms with Gasteiger partial charge in [0.05, 0.1) is 17.1 Å². The summed E-state index contributed by atoms with van der Waals surface area (Å²) in [5.41, 5.74) is 3.29. The molecule has 28 heavy (non-hydrogen) atoms. The van der Waals surface area contributed by atoms with Crippen molar-refractivity contribution in [1.82, 2.24) is 14.9 Å². The lowest BCUT2D eigenvalue weighted by Crippen LogP contribution is -2.31. The number of nitrogens with one attached hydrogen (secondary N) is 2. The molecule has 2 heterocycles. The van der Waals surface area contributed by atoms with Crippen LogP contribution in [-0.4, -0.2) is 33.2 Å². The minimum Gasteiger partial charge on any atom is -0.340 e. The number of hydrogen-bond donors (Lipinski definition) is 2. The third-order valence-corrected chi connectivity index (χ3v) is 5.58. The topological polar surface area (TPSA) is 78.1 Å². The van der Waals surface area contributed by atoms with E-state index in [1.807, 2.05) is 29.2 Å². The Hall–Kier alpha value is -3.15. The summed E-state index contributed by atoms with van der Waals surface area (Å²) in [6, 6.07) is 15.1. The highest BCUT2D eigenvalue weighted by Gasteiger charge is 2.33. The van der Waals surface area contributed by atoms with Crippen LogP contribution in [0, 0.1) is 5.92 Å². The number of H-pyrrole nitrogens is 1. The molecule has 3 aromatic rings. The molecular formula is C22H22N4O2. The Balaban J connectivity index is 1.34. The number of amides is 2. The van der Waals surface area contributed by atoms with Crippen LogP contribution in [0.2, 0.25) is 0 Å². The van der Waals surface area contributed by atoms with Crippen LogP contribution in [0.15, 0.2) is 48.5 Å². The van der Waals surface area contributed by atoms with Gasteiger partial charge in [-0.25, -0.2) is 4.98 Å². The number of carbonyl (C=O) groups is 2. The monoisotopic (exact) mass is 374 g/mol. The van der Waals surface area contributed by atoms with Gasteiger partial charge >= 0.3 is 0 Å². The summed E-state index contributed by atoms with van der Waals surface area (Å²) in [5, 5.41) is 2.91. The number of anilines is 1. The molecule has 1 aliphatic carbocycles. The Morgan fingerprint density at radius 1 is 1.04 bits per heavy atom. The van der Waals surface area contributed by atoms with Crippen molar-refractivity contribution in [1.29, 1.82) is 0 Å². The summed E-state index contributed by atoms with van der Waals surface area (Å²) in [4.78, 5) is 34.9. The van der Waals surface area contributed by atoms with E-state index in [0.29, 0.717) is 5.56 Å². The molecule has 6 nitrogen and oxygen atoms in total. The Labute approximate surface area is 163 Å². The maximum Gasteiger partial charge on any atom is 0.254 e. The van der Waals surface area contributed by atoms with Gasteiger partial charge < -0.3 is 15.2 Å². The zero-order chi connectivity index (χ0) is 19.1. The Morgan fingerprint density at radius 2 is 1.82 bits per heavy atom. The Morgan fingerprint density at radius 3 is 2.57 bits per heavy atom. The van der Waals surface area contributed by atoms with Crippen molar-refractivity contribution in [2.24, 2.45) is 5.92 Å². The minimum absolute atomic E-state index is 0.00280. The average molecular weight is 374 g/mol. The number of nitrogens with zero attached hydrogens (tertiary/aromatic N) is 2. The second-order valence-corrected chi connectivity index (χ2v) is 7.64. The molecule has 142 valence electrons. The zero-order valence-corrected chi connectivity index (χ0v) is 15.5. The fraction of sp³-hybridized carbons (Fsp3) is 0.318. The van der Waals surface area contributed by atoms with Crippen molar-refractivity contribution in [2.45, 2.75) is 31.7 Å². The van der Waals surface area contributed by atoms with Gasteiger partial charge in [0.25, 0.3) is 5.91 Å². The first-order valence-electron chi connectivity index (χ1n) is 9.85. The van der Waals surface area contributed by atoms with Gasteiger partial charge in [0.2, 0.25) is 5.91 Å². The molecule has 1 saturated heterocycles. The molecule has 1 saturated carbocycles. The predicted octanol–water partition coefficient (Wildman–Crippen LogP) is 3.89. The van der Waals surface area contributed by atoms with Crippen molar-refractivity contribution >= 4 is 28.5 Å². The number of imidazole rings is 1. The number of likely N-dealkylation sites (tertiary alicyclic amines) is 1. The molecule has 0 spiro atoms. The van der Waals surface area contributed by atoms with Crippen molar-refractivity contribution in [3.8, 4) is 0 Å². The van der Waals surface area contributed by atoms with E-state index >= 15 is 0 Å². The van der Waals surface area contributed by atoms with Crippen LogP contribution in [0.1, 0.15) is 47.9 Å². The smallest absolute Gasteiger partial charge is 0.254 e. The molecule has 1 atom stereocenters. The molecule has 2 amide bonds. The number of benzene rings is 2. The molecule has 2 aromatic carbocycles. The normalized spacial score (nSPS) is 19.1. The van der Waals surface area contributed by atoms with Gasteiger partial charge in [0.15, 0.2) is 0 Å². The summed E-state index contributed by atoms with van der Waals surface area (Å²) in [5.74, 6) is 1.09. The van der Waals surface area contributed by atoms with E-state index in [2.05, 4.69) is 10.3 Å². The van der Waals surface area contributed by atoms with Gasteiger partial charge in [-0.05, 0) is 62.1 Å².